The first-order valence-electron chi connectivity index (χ1n) is 10.4. The van der Waals surface area contributed by atoms with Gasteiger partial charge in [-0.15, -0.1) is 10.2 Å². The van der Waals surface area contributed by atoms with Gasteiger partial charge in [0, 0.05) is 36.1 Å². The Morgan fingerprint density at radius 2 is 1.93 bits per heavy atom. The van der Waals surface area contributed by atoms with Crippen molar-refractivity contribution in [3.05, 3.63) is 43.1 Å². The van der Waals surface area contributed by atoms with Gasteiger partial charge >= 0.3 is 0 Å². The van der Waals surface area contributed by atoms with Gasteiger partial charge in [0.25, 0.3) is 0 Å². The summed E-state index contributed by atoms with van der Waals surface area (Å²) in [7, 11) is 2.14. The number of nitrogens with zero attached hydrogens (tertiary/aromatic N) is 7. The molecule has 3 aromatic heterocycles. The van der Waals surface area contributed by atoms with Crippen LogP contribution in [0.2, 0.25) is 0 Å². The van der Waals surface area contributed by atoms with Gasteiger partial charge < -0.3 is 10.2 Å². The molecule has 0 amide bonds. The highest BCUT2D eigenvalue weighted by molar-refractivity contribution is 5.97. The molecule has 9 nitrogen and oxygen atoms in total. The van der Waals surface area contributed by atoms with Crippen molar-refractivity contribution in [2.45, 2.75) is 43.8 Å². The minimum absolute atomic E-state index is 0.519. The van der Waals surface area contributed by atoms with E-state index in [1.807, 2.05) is 18.2 Å². The molecule has 0 saturated carbocycles. The molecule has 152 valence electrons. The number of hydrogen-bond donors (Lipinski definition) is 2. The van der Waals surface area contributed by atoms with E-state index < -0.39 is 0 Å². The number of nitrogens with one attached hydrogen (secondary N) is 2. The molecular formula is C21H23N9. The Bertz CT molecular complexity index is 1150. The monoisotopic (exact) mass is 401 g/mol. The quantitative estimate of drug-likeness (QED) is 0.541. The number of anilines is 1. The molecule has 0 radical (unpaired) electrons. The van der Waals surface area contributed by atoms with Crippen LogP contribution in [0.3, 0.4) is 0 Å². The predicted molar refractivity (Wildman–Crippen MR) is 113 cm³/mol. The lowest BCUT2D eigenvalue weighted by atomic mass is 9.98. The van der Waals surface area contributed by atoms with Crippen molar-refractivity contribution in [3.8, 4) is 16.9 Å². The van der Waals surface area contributed by atoms with Crippen LogP contribution in [0.25, 0.3) is 27.8 Å². The standard InChI is InChI=1S/C21H23N9/c1-29(15-8-13-2-3-14(9-15)25-13)20-7-5-18(26-27-20)16-4-6-19(30-12-22-11-24-30)17-10-23-28-21(16)17/h4-7,10-15,25H,2-3,8-9H2,1H3,(H,23,28)/t13-,14+,15?. The molecule has 2 bridgehead atoms. The maximum atomic E-state index is 4.56. The second-order valence-electron chi connectivity index (χ2n) is 8.28. The molecule has 2 N–H and O–H groups in total. The van der Waals surface area contributed by atoms with E-state index in [1.165, 1.54) is 32.0 Å². The van der Waals surface area contributed by atoms with Crippen molar-refractivity contribution < 1.29 is 0 Å². The molecule has 3 atom stereocenters. The molecule has 4 aromatic rings. The zero-order chi connectivity index (χ0) is 20.1. The van der Waals surface area contributed by atoms with E-state index in [2.05, 4.69) is 53.8 Å². The summed E-state index contributed by atoms with van der Waals surface area (Å²) in [6.07, 6.45) is 9.95. The predicted octanol–water partition coefficient (Wildman–Crippen LogP) is 2.32. The maximum Gasteiger partial charge on any atom is 0.151 e. The van der Waals surface area contributed by atoms with E-state index in [0.29, 0.717) is 18.1 Å². The highest BCUT2D eigenvalue weighted by atomic mass is 15.3. The average Bonchev–Trinajstić information content (AvgIpc) is 3.54. The van der Waals surface area contributed by atoms with Crippen LogP contribution in [0.4, 0.5) is 5.82 Å². The first kappa shape index (κ1) is 17.5. The molecule has 2 aliphatic rings. The maximum absolute atomic E-state index is 4.56. The van der Waals surface area contributed by atoms with E-state index in [4.69, 9.17) is 0 Å². The summed E-state index contributed by atoms with van der Waals surface area (Å²) in [5.74, 6) is 0.921. The van der Waals surface area contributed by atoms with Crippen LogP contribution in [-0.2, 0) is 0 Å². The number of hydrogen-bond acceptors (Lipinski definition) is 7. The van der Waals surface area contributed by atoms with Crippen molar-refractivity contribution in [3.63, 3.8) is 0 Å². The minimum atomic E-state index is 0.519. The highest BCUT2D eigenvalue weighted by Crippen LogP contribution is 2.32. The molecule has 2 saturated heterocycles. The molecule has 6 rings (SSSR count). The van der Waals surface area contributed by atoms with Crippen LogP contribution in [-0.4, -0.2) is 60.3 Å². The van der Waals surface area contributed by atoms with E-state index in [-0.39, 0.29) is 0 Å². The third-order valence-corrected chi connectivity index (χ3v) is 6.54. The van der Waals surface area contributed by atoms with Gasteiger partial charge in [0.15, 0.2) is 5.82 Å². The average molecular weight is 401 g/mol. The summed E-state index contributed by atoms with van der Waals surface area (Å²) in [6, 6.07) is 9.97. The summed E-state index contributed by atoms with van der Waals surface area (Å²) >= 11 is 0. The van der Waals surface area contributed by atoms with Crippen molar-refractivity contribution in [1.82, 2.24) is 40.5 Å². The highest BCUT2D eigenvalue weighted by Gasteiger charge is 2.35. The smallest absolute Gasteiger partial charge is 0.151 e. The van der Waals surface area contributed by atoms with E-state index in [0.717, 1.165) is 33.7 Å². The molecule has 9 heteroatoms. The van der Waals surface area contributed by atoms with Crippen molar-refractivity contribution >= 4 is 16.7 Å². The fraction of sp³-hybridized carbons (Fsp3) is 0.381. The lowest BCUT2D eigenvalue weighted by Gasteiger charge is -2.36. The topological polar surface area (TPSA) is 100 Å². The Kier molecular flexibility index (Phi) is 4.02. The third-order valence-electron chi connectivity index (χ3n) is 6.54. The Morgan fingerprint density at radius 3 is 2.67 bits per heavy atom. The SMILES string of the molecule is CN(c1ccc(-c2ccc(-n3cncn3)c3cn[nH]c23)nn1)C1C[C@H]2CC[C@@H](C1)N2. The molecule has 5 heterocycles. The lowest BCUT2D eigenvalue weighted by molar-refractivity contribution is 0.353. The van der Waals surface area contributed by atoms with Crippen LogP contribution >= 0.6 is 0 Å². The largest absolute Gasteiger partial charge is 0.355 e. The molecule has 30 heavy (non-hydrogen) atoms. The van der Waals surface area contributed by atoms with Gasteiger partial charge in [0.2, 0.25) is 0 Å². The Labute approximate surface area is 173 Å². The van der Waals surface area contributed by atoms with Crippen LogP contribution in [0.15, 0.2) is 43.1 Å². The fourth-order valence-corrected chi connectivity index (χ4v) is 4.95. The Morgan fingerprint density at radius 1 is 1.07 bits per heavy atom. The van der Waals surface area contributed by atoms with Gasteiger partial charge in [-0.05, 0) is 49.9 Å². The summed E-state index contributed by atoms with van der Waals surface area (Å²) in [5.41, 5.74) is 3.61. The summed E-state index contributed by atoms with van der Waals surface area (Å²) in [6.45, 7) is 0. The number of rotatable bonds is 4. The fourth-order valence-electron chi connectivity index (χ4n) is 4.95. The van der Waals surface area contributed by atoms with Gasteiger partial charge in [-0.3, -0.25) is 5.10 Å². The minimum Gasteiger partial charge on any atom is -0.355 e. The van der Waals surface area contributed by atoms with Crippen LogP contribution in [0.5, 0.6) is 0 Å². The number of H-pyrrole nitrogens is 1. The number of aromatic nitrogens is 7. The molecule has 1 aromatic carbocycles. The number of aromatic amines is 1. The summed E-state index contributed by atoms with van der Waals surface area (Å²) in [5, 5.41) is 25.3. The number of fused-ring (bicyclic) bond motifs is 3. The lowest BCUT2D eigenvalue weighted by Crippen LogP contribution is -2.47. The van der Waals surface area contributed by atoms with Crippen LogP contribution < -0.4 is 10.2 Å². The number of benzene rings is 1. The van der Waals surface area contributed by atoms with Gasteiger partial charge in [-0.25, -0.2) is 9.67 Å². The number of piperidine rings is 1. The first-order chi connectivity index (χ1) is 14.8. The zero-order valence-electron chi connectivity index (χ0n) is 16.7. The Balaban J connectivity index is 1.30. The van der Waals surface area contributed by atoms with E-state index in [9.17, 15) is 0 Å². The third kappa shape index (κ3) is 2.85. The molecule has 0 aliphatic carbocycles. The summed E-state index contributed by atoms with van der Waals surface area (Å²) in [4.78, 5) is 6.33. The van der Waals surface area contributed by atoms with E-state index >= 15 is 0 Å². The van der Waals surface area contributed by atoms with Gasteiger partial charge in [-0.2, -0.15) is 10.2 Å². The molecule has 1 unspecified atom stereocenters. The van der Waals surface area contributed by atoms with Gasteiger partial charge in [-0.1, -0.05) is 0 Å². The second kappa shape index (κ2) is 6.88. The van der Waals surface area contributed by atoms with Crippen molar-refractivity contribution in [1.29, 1.82) is 0 Å². The Hall–Kier alpha value is -3.33. The molecule has 2 fully saturated rings. The second-order valence-corrected chi connectivity index (χ2v) is 8.28. The zero-order valence-corrected chi connectivity index (χ0v) is 16.7. The molecule has 2 aliphatic heterocycles. The van der Waals surface area contributed by atoms with Crippen LogP contribution in [0, 0.1) is 0 Å². The molecular weight excluding hydrogens is 378 g/mol. The molecule has 0 spiro atoms. The van der Waals surface area contributed by atoms with Crippen LogP contribution in [0.1, 0.15) is 25.7 Å². The first-order valence-corrected chi connectivity index (χ1v) is 10.4. The van der Waals surface area contributed by atoms with Gasteiger partial charge in [0.1, 0.15) is 12.7 Å². The van der Waals surface area contributed by atoms with Crippen molar-refractivity contribution in [2.75, 3.05) is 11.9 Å². The summed E-state index contributed by atoms with van der Waals surface area (Å²) < 4.78 is 1.73. The van der Waals surface area contributed by atoms with Crippen molar-refractivity contribution in [2.24, 2.45) is 0 Å². The normalized spacial score (nSPS) is 23.2. The van der Waals surface area contributed by atoms with Gasteiger partial charge in [0.05, 0.1) is 23.1 Å². The van der Waals surface area contributed by atoms with E-state index in [1.54, 1.807) is 17.2 Å².